The molecule has 0 aromatic heterocycles. The van der Waals surface area contributed by atoms with E-state index in [4.69, 9.17) is 10.5 Å². The Hall–Kier alpha value is -1.45. The van der Waals surface area contributed by atoms with Gasteiger partial charge < -0.3 is 10.5 Å². The van der Waals surface area contributed by atoms with E-state index < -0.39 is 0 Å². The predicted octanol–water partition coefficient (Wildman–Crippen LogP) is 4.61. The average Bonchev–Trinajstić information content (AvgIpc) is 2.48. The van der Waals surface area contributed by atoms with Crippen LogP contribution in [0, 0.1) is 0 Å². The van der Waals surface area contributed by atoms with Crippen LogP contribution in [0.5, 0.6) is 11.5 Å². The summed E-state index contributed by atoms with van der Waals surface area (Å²) in [6.45, 7) is 2.09. The smallest absolute Gasteiger partial charge is 0.140 e. The summed E-state index contributed by atoms with van der Waals surface area (Å²) < 4.78 is 5.91. The molecule has 2 aromatic carbocycles. The third kappa shape index (κ3) is 3.52. The summed E-state index contributed by atoms with van der Waals surface area (Å²) in [5, 5.41) is 0. The Morgan fingerprint density at radius 3 is 2.42 bits per heavy atom. The van der Waals surface area contributed by atoms with Crippen molar-refractivity contribution < 1.29 is 4.74 Å². The van der Waals surface area contributed by atoms with E-state index in [1.807, 2.05) is 48.7 Å². The van der Waals surface area contributed by atoms with Crippen LogP contribution >= 0.6 is 11.8 Å². The molecule has 0 spiro atoms. The van der Waals surface area contributed by atoms with Crippen LogP contribution < -0.4 is 10.5 Å². The van der Waals surface area contributed by atoms with Crippen molar-refractivity contribution in [1.82, 2.24) is 0 Å². The number of thioether (sulfide) groups is 1. The van der Waals surface area contributed by atoms with Crippen LogP contribution in [0.1, 0.15) is 24.9 Å². The van der Waals surface area contributed by atoms with Crippen molar-refractivity contribution in [3.63, 3.8) is 0 Å². The standard InChI is InChI=1S/C16H19NOS/c1-3-14(17)12-8-10-13(11-9-12)18-15-6-4-5-7-16(15)19-2/h4-11,14H,3,17H2,1-2H3/t14-/m1/s1. The Morgan fingerprint density at radius 1 is 1.11 bits per heavy atom. The van der Waals surface area contributed by atoms with Gasteiger partial charge in [0.25, 0.3) is 0 Å². The third-order valence-electron chi connectivity index (χ3n) is 3.04. The van der Waals surface area contributed by atoms with Crippen LogP contribution in [-0.4, -0.2) is 6.26 Å². The first-order valence-corrected chi connectivity index (χ1v) is 7.63. The molecule has 0 radical (unpaired) electrons. The number of hydrogen-bond acceptors (Lipinski definition) is 3. The highest BCUT2D eigenvalue weighted by molar-refractivity contribution is 7.98. The number of ether oxygens (including phenoxy) is 1. The number of benzene rings is 2. The van der Waals surface area contributed by atoms with Crippen molar-refractivity contribution in [2.24, 2.45) is 5.73 Å². The highest BCUT2D eigenvalue weighted by Gasteiger charge is 2.05. The molecule has 2 aromatic rings. The minimum absolute atomic E-state index is 0.104. The van der Waals surface area contributed by atoms with Gasteiger partial charge in [-0.3, -0.25) is 0 Å². The zero-order valence-corrected chi connectivity index (χ0v) is 12.1. The van der Waals surface area contributed by atoms with Crippen molar-refractivity contribution in [3.05, 3.63) is 54.1 Å². The lowest BCUT2D eigenvalue weighted by molar-refractivity contribution is 0.470. The van der Waals surface area contributed by atoms with E-state index in [9.17, 15) is 0 Å². The third-order valence-corrected chi connectivity index (χ3v) is 3.82. The Labute approximate surface area is 119 Å². The molecule has 0 unspecified atom stereocenters. The molecule has 0 fully saturated rings. The van der Waals surface area contributed by atoms with Gasteiger partial charge in [-0.1, -0.05) is 31.2 Å². The van der Waals surface area contributed by atoms with Crippen LogP contribution in [-0.2, 0) is 0 Å². The maximum absolute atomic E-state index is 6.00. The monoisotopic (exact) mass is 273 g/mol. The van der Waals surface area contributed by atoms with E-state index in [1.165, 1.54) is 0 Å². The van der Waals surface area contributed by atoms with Crippen molar-refractivity contribution >= 4 is 11.8 Å². The highest BCUT2D eigenvalue weighted by atomic mass is 32.2. The van der Waals surface area contributed by atoms with Gasteiger partial charge in [-0.15, -0.1) is 11.8 Å². The quantitative estimate of drug-likeness (QED) is 0.808. The van der Waals surface area contributed by atoms with Gasteiger partial charge in [0.15, 0.2) is 0 Å². The fourth-order valence-corrected chi connectivity index (χ4v) is 2.37. The van der Waals surface area contributed by atoms with E-state index in [2.05, 4.69) is 13.0 Å². The van der Waals surface area contributed by atoms with E-state index in [0.717, 1.165) is 28.4 Å². The van der Waals surface area contributed by atoms with Crippen molar-refractivity contribution in [2.45, 2.75) is 24.3 Å². The van der Waals surface area contributed by atoms with Crippen LogP contribution in [0.15, 0.2) is 53.4 Å². The summed E-state index contributed by atoms with van der Waals surface area (Å²) in [5.41, 5.74) is 7.14. The molecule has 0 amide bonds. The molecule has 0 aliphatic carbocycles. The maximum atomic E-state index is 6.00. The summed E-state index contributed by atoms with van der Waals surface area (Å²) in [6, 6.07) is 16.2. The zero-order chi connectivity index (χ0) is 13.7. The first-order chi connectivity index (χ1) is 9.24. The molecule has 100 valence electrons. The fourth-order valence-electron chi connectivity index (χ4n) is 1.85. The molecule has 19 heavy (non-hydrogen) atoms. The molecule has 2 nitrogen and oxygen atoms in total. The number of nitrogens with two attached hydrogens (primary N) is 1. The van der Waals surface area contributed by atoms with E-state index in [-0.39, 0.29) is 6.04 Å². The second-order valence-corrected chi connectivity index (χ2v) is 5.18. The molecule has 0 saturated heterocycles. The topological polar surface area (TPSA) is 35.2 Å². The Balaban J connectivity index is 2.15. The van der Waals surface area contributed by atoms with Crippen LogP contribution in [0.3, 0.4) is 0 Å². The summed E-state index contributed by atoms with van der Waals surface area (Å²) in [5.74, 6) is 1.73. The van der Waals surface area contributed by atoms with Gasteiger partial charge in [0.2, 0.25) is 0 Å². The van der Waals surface area contributed by atoms with E-state index >= 15 is 0 Å². The van der Waals surface area contributed by atoms with Gasteiger partial charge in [0.05, 0.1) is 0 Å². The van der Waals surface area contributed by atoms with Crippen molar-refractivity contribution in [1.29, 1.82) is 0 Å². The van der Waals surface area contributed by atoms with E-state index in [1.54, 1.807) is 11.8 Å². The lowest BCUT2D eigenvalue weighted by atomic mass is 10.1. The van der Waals surface area contributed by atoms with Gasteiger partial charge in [0, 0.05) is 10.9 Å². The molecule has 1 atom stereocenters. The summed E-state index contributed by atoms with van der Waals surface area (Å²) in [6.07, 6.45) is 2.99. The lowest BCUT2D eigenvalue weighted by Gasteiger charge is -2.12. The number of para-hydroxylation sites is 1. The number of hydrogen-bond donors (Lipinski definition) is 1. The van der Waals surface area contributed by atoms with Crippen molar-refractivity contribution in [3.8, 4) is 11.5 Å². The summed E-state index contributed by atoms with van der Waals surface area (Å²) >= 11 is 1.68. The average molecular weight is 273 g/mol. The van der Waals surface area contributed by atoms with Crippen molar-refractivity contribution in [2.75, 3.05) is 6.26 Å². The van der Waals surface area contributed by atoms with Gasteiger partial charge in [0.1, 0.15) is 11.5 Å². The molecular formula is C16H19NOS. The second-order valence-electron chi connectivity index (χ2n) is 4.34. The zero-order valence-electron chi connectivity index (χ0n) is 11.3. The Bertz CT molecular complexity index is 525. The lowest BCUT2D eigenvalue weighted by Crippen LogP contribution is -2.08. The summed E-state index contributed by atoms with van der Waals surface area (Å²) in [4.78, 5) is 1.14. The highest BCUT2D eigenvalue weighted by Crippen LogP contribution is 2.31. The van der Waals surface area contributed by atoms with Gasteiger partial charge in [-0.2, -0.15) is 0 Å². The molecule has 2 rings (SSSR count). The Morgan fingerprint density at radius 2 is 1.79 bits per heavy atom. The second kappa shape index (κ2) is 6.64. The van der Waals surface area contributed by atoms with Crippen LogP contribution in [0.4, 0.5) is 0 Å². The van der Waals surface area contributed by atoms with Gasteiger partial charge in [-0.25, -0.2) is 0 Å². The molecule has 0 heterocycles. The molecular weight excluding hydrogens is 254 g/mol. The maximum Gasteiger partial charge on any atom is 0.140 e. The minimum Gasteiger partial charge on any atom is -0.456 e. The molecule has 0 aliphatic heterocycles. The largest absolute Gasteiger partial charge is 0.456 e. The van der Waals surface area contributed by atoms with Crippen LogP contribution in [0.25, 0.3) is 0 Å². The first-order valence-electron chi connectivity index (χ1n) is 6.41. The Kier molecular flexibility index (Phi) is 4.88. The predicted molar refractivity (Wildman–Crippen MR) is 82.0 cm³/mol. The molecule has 0 aliphatic rings. The van der Waals surface area contributed by atoms with E-state index in [0.29, 0.717) is 0 Å². The number of rotatable bonds is 5. The van der Waals surface area contributed by atoms with Gasteiger partial charge in [-0.05, 0) is 42.5 Å². The van der Waals surface area contributed by atoms with Crippen LogP contribution in [0.2, 0.25) is 0 Å². The SMILES string of the molecule is CC[C@@H](N)c1ccc(Oc2ccccc2SC)cc1. The molecule has 0 saturated carbocycles. The molecule has 3 heteroatoms. The normalized spacial score (nSPS) is 12.2. The van der Waals surface area contributed by atoms with Gasteiger partial charge >= 0.3 is 0 Å². The molecule has 0 bridgehead atoms. The molecule has 2 N–H and O–H groups in total. The fraction of sp³-hybridized carbons (Fsp3) is 0.250. The first kappa shape index (κ1) is 14.0. The summed E-state index contributed by atoms with van der Waals surface area (Å²) in [7, 11) is 0. The minimum atomic E-state index is 0.104.